The van der Waals surface area contributed by atoms with Gasteiger partial charge in [0, 0.05) is 28.6 Å². The number of hydrogen-bond acceptors (Lipinski definition) is 3. The fraction of sp³-hybridized carbons (Fsp3) is 0.600. The van der Waals surface area contributed by atoms with Crippen molar-refractivity contribution in [2.45, 2.75) is 31.1 Å². The summed E-state index contributed by atoms with van der Waals surface area (Å²) in [5.41, 5.74) is 1.06. The van der Waals surface area contributed by atoms with Gasteiger partial charge in [0.2, 0.25) is 0 Å². The summed E-state index contributed by atoms with van der Waals surface area (Å²) in [6.07, 6.45) is 2.02. The molecule has 1 aromatic rings. The van der Waals surface area contributed by atoms with Gasteiger partial charge in [-0.3, -0.25) is 0 Å². The van der Waals surface area contributed by atoms with Gasteiger partial charge in [-0.05, 0) is 46.9 Å². The highest BCUT2D eigenvalue weighted by Crippen LogP contribution is 2.29. The van der Waals surface area contributed by atoms with Crippen molar-refractivity contribution in [1.82, 2.24) is 5.32 Å². The van der Waals surface area contributed by atoms with Crippen LogP contribution in [0.4, 0.5) is 4.39 Å². The van der Waals surface area contributed by atoms with Gasteiger partial charge in [-0.15, -0.1) is 0 Å². The summed E-state index contributed by atoms with van der Waals surface area (Å²) >= 11 is 7.48. The first kappa shape index (κ1) is 16.7. The van der Waals surface area contributed by atoms with E-state index in [0.717, 1.165) is 24.9 Å². The van der Waals surface area contributed by atoms with Crippen LogP contribution < -0.4 is 5.32 Å². The second-order valence-corrected chi connectivity index (χ2v) is 8.25. The summed E-state index contributed by atoms with van der Waals surface area (Å²) in [5.74, 6) is 3.51. The van der Waals surface area contributed by atoms with Crippen molar-refractivity contribution in [2.75, 3.05) is 23.8 Å². The fourth-order valence-corrected chi connectivity index (χ4v) is 5.66. The van der Waals surface area contributed by atoms with Crippen molar-refractivity contribution in [3.05, 3.63) is 34.1 Å². The maximum Gasteiger partial charge on any atom is 0.137 e. The van der Waals surface area contributed by atoms with Gasteiger partial charge >= 0.3 is 0 Å². The molecule has 1 fully saturated rings. The Balaban J connectivity index is 2.07. The molecule has 0 aromatic heterocycles. The summed E-state index contributed by atoms with van der Waals surface area (Å²) in [4.78, 5) is 0. The molecule has 2 unspecified atom stereocenters. The van der Waals surface area contributed by atoms with Gasteiger partial charge in [0.05, 0.1) is 4.47 Å². The van der Waals surface area contributed by atoms with E-state index in [4.69, 9.17) is 0 Å². The molecule has 1 aliphatic rings. The van der Waals surface area contributed by atoms with Crippen LogP contribution in [0.1, 0.15) is 18.9 Å². The van der Waals surface area contributed by atoms with E-state index >= 15 is 0 Å². The molecule has 1 aromatic carbocycles. The minimum atomic E-state index is -0.164. The van der Waals surface area contributed by atoms with Crippen LogP contribution in [0.15, 0.2) is 22.7 Å². The molecule has 1 heterocycles. The van der Waals surface area contributed by atoms with Crippen molar-refractivity contribution >= 4 is 39.5 Å². The number of hydrogen-bond donors (Lipinski definition) is 1. The molecule has 0 bridgehead atoms. The zero-order valence-electron chi connectivity index (χ0n) is 11.7. The van der Waals surface area contributed by atoms with Crippen molar-refractivity contribution in [2.24, 2.45) is 0 Å². The largest absolute Gasteiger partial charge is 0.313 e. The fourth-order valence-electron chi connectivity index (χ4n) is 2.35. The number of rotatable bonds is 6. The van der Waals surface area contributed by atoms with Gasteiger partial charge in [0.15, 0.2) is 0 Å². The van der Waals surface area contributed by atoms with Crippen LogP contribution in [0, 0.1) is 5.82 Å². The third-order valence-electron chi connectivity index (χ3n) is 3.42. The quantitative estimate of drug-likeness (QED) is 0.791. The van der Waals surface area contributed by atoms with E-state index < -0.39 is 0 Å². The topological polar surface area (TPSA) is 12.0 Å². The summed E-state index contributed by atoms with van der Waals surface area (Å²) < 4.78 is 14.3. The SMILES string of the molecule is CCCNC(Cc1cccc(F)c1Br)C1CSCCS1. The highest BCUT2D eigenvalue weighted by atomic mass is 79.9. The Hall–Kier alpha value is 0.290. The lowest BCUT2D eigenvalue weighted by Crippen LogP contribution is -2.43. The molecule has 20 heavy (non-hydrogen) atoms. The Morgan fingerprint density at radius 2 is 2.30 bits per heavy atom. The van der Waals surface area contributed by atoms with Crippen LogP contribution in [0.25, 0.3) is 0 Å². The zero-order chi connectivity index (χ0) is 14.4. The van der Waals surface area contributed by atoms with Gasteiger partial charge in [-0.1, -0.05) is 19.1 Å². The molecule has 1 N–H and O–H groups in total. The number of benzene rings is 1. The van der Waals surface area contributed by atoms with Crippen molar-refractivity contribution in [3.8, 4) is 0 Å². The molecule has 1 aliphatic heterocycles. The van der Waals surface area contributed by atoms with Crippen LogP contribution in [0.2, 0.25) is 0 Å². The van der Waals surface area contributed by atoms with Crippen molar-refractivity contribution in [3.63, 3.8) is 0 Å². The number of halogens is 2. The molecule has 1 nitrogen and oxygen atoms in total. The molecular formula is C15H21BrFNS2. The van der Waals surface area contributed by atoms with E-state index in [9.17, 15) is 4.39 Å². The van der Waals surface area contributed by atoms with E-state index in [-0.39, 0.29) is 5.82 Å². The predicted molar refractivity (Wildman–Crippen MR) is 93.5 cm³/mol. The molecule has 0 amide bonds. The van der Waals surface area contributed by atoms with Gasteiger partial charge < -0.3 is 5.32 Å². The van der Waals surface area contributed by atoms with Crippen LogP contribution >= 0.6 is 39.5 Å². The first-order chi connectivity index (χ1) is 9.72. The molecule has 1 saturated heterocycles. The maximum absolute atomic E-state index is 13.6. The third-order valence-corrected chi connectivity index (χ3v) is 7.23. The number of nitrogens with one attached hydrogen (secondary N) is 1. The van der Waals surface area contributed by atoms with E-state index in [1.165, 1.54) is 23.3 Å². The molecule has 2 atom stereocenters. The average molecular weight is 378 g/mol. The summed E-state index contributed by atoms with van der Waals surface area (Å²) in [5, 5.41) is 4.28. The Morgan fingerprint density at radius 3 is 3.00 bits per heavy atom. The van der Waals surface area contributed by atoms with E-state index in [1.54, 1.807) is 6.07 Å². The summed E-state index contributed by atoms with van der Waals surface area (Å²) in [6, 6.07) is 5.75. The average Bonchev–Trinajstić information content (AvgIpc) is 2.48. The van der Waals surface area contributed by atoms with Gasteiger partial charge in [0.25, 0.3) is 0 Å². The molecule has 0 radical (unpaired) electrons. The Kier molecular flexibility index (Phi) is 7.22. The van der Waals surface area contributed by atoms with E-state index in [2.05, 4.69) is 39.9 Å². The highest BCUT2D eigenvalue weighted by molar-refractivity contribution is 9.10. The van der Waals surface area contributed by atoms with E-state index in [1.807, 2.05) is 17.8 Å². The molecule has 0 aliphatic carbocycles. The van der Waals surface area contributed by atoms with Crippen LogP contribution in [-0.4, -0.2) is 35.1 Å². The zero-order valence-corrected chi connectivity index (χ0v) is 14.9. The second kappa shape index (κ2) is 8.66. The summed E-state index contributed by atoms with van der Waals surface area (Å²) in [6.45, 7) is 3.21. The molecule has 112 valence electrons. The smallest absolute Gasteiger partial charge is 0.137 e. The molecular weight excluding hydrogens is 357 g/mol. The molecule has 0 spiro atoms. The van der Waals surface area contributed by atoms with Crippen LogP contribution in [-0.2, 0) is 6.42 Å². The molecule has 5 heteroatoms. The normalized spacial score (nSPS) is 20.9. The highest BCUT2D eigenvalue weighted by Gasteiger charge is 2.25. The Morgan fingerprint density at radius 1 is 1.45 bits per heavy atom. The van der Waals surface area contributed by atoms with Crippen molar-refractivity contribution in [1.29, 1.82) is 0 Å². The lowest BCUT2D eigenvalue weighted by Gasteiger charge is -2.30. The lowest BCUT2D eigenvalue weighted by atomic mass is 10.0. The van der Waals surface area contributed by atoms with Gasteiger partial charge in [-0.2, -0.15) is 23.5 Å². The maximum atomic E-state index is 13.6. The minimum Gasteiger partial charge on any atom is -0.313 e. The van der Waals surface area contributed by atoms with E-state index in [0.29, 0.717) is 15.8 Å². The standard InChI is InChI=1S/C15H21BrFNS2/c1-2-6-18-13(14-10-19-7-8-20-14)9-11-4-3-5-12(17)15(11)16/h3-5,13-14,18H,2,6-10H2,1H3. The van der Waals surface area contributed by atoms with Gasteiger partial charge in [-0.25, -0.2) is 4.39 Å². The first-order valence-electron chi connectivity index (χ1n) is 7.08. The molecule has 0 saturated carbocycles. The van der Waals surface area contributed by atoms with Crippen molar-refractivity contribution < 1.29 is 4.39 Å². The molecule has 2 rings (SSSR count). The lowest BCUT2D eigenvalue weighted by molar-refractivity contribution is 0.503. The van der Waals surface area contributed by atoms with Gasteiger partial charge in [0.1, 0.15) is 5.82 Å². The minimum absolute atomic E-state index is 0.164. The Labute approximate surface area is 138 Å². The first-order valence-corrected chi connectivity index (χ1v) is 10.1. The van der Waals surface area contributed by atoms with Crippen LogP contribution in [0.5, 0.6) is 0 Å². The monoisotopic (exact) mass is 377 g/mol. The second-order valence-electron chi connectivity index (χ2n) is 4.96. The van der Waals surface area contributed by atoms with Crippen LogP contribution in [0.3, 0.4) is 0 Å². The predicted octanol–water partition coefficient (Wildman–Crippen LogP) is 4.35. The number of thioether (sulfide) groups is 2. The Bertz CT molecular complexity index is 424. The summed E-state index contributed by atoms with van der Waals surface area (Å²) in [7, 11) is 0. The third kappa shape index (κ3) is 4.65.